The molecule has 7 heteroatoms. The minimum atomic E-state index is -0.897. The number of aromatic amines is 1. The molecule has 0 radical (unpaired) electrons. The number of para-hydroxylation sites is 1. The van der Waals surface area contributed by atoms with Gasteiger partial charge < -0.3 is 25.5 Å². The first-order valence-electron chi connectivity index (χ1n) is 7.94. The van der Waals surface area contributed by atoms with Gasteiger partial charge in [0.15, 0.2) is 0 Å². The molecule has 0 bridgehead atoms. The molecule has 0 fully saturated rings. The number of pyridine rings is 1. The van der Waals surface area contributed by atoms with Gasteiger partial charge in [-0.25, -0.2) is 4.79 Å². The summed E-state index contributed by atoms with van der Waals surface area (Å²) in [5.74, 6) is 0.555. The Kier molecular flexibility index (Phi) is 6.19. The molecule has 2 aromatic rings. The number of carbonyl (C=O) groups excluding carboxylic acids is 1. The highest BCUT2D eigenvalue weighted by atomic mass is 16.5. The van der Waals surface area contributed by atoms with Gasteiger partial charge in [0.25, 0.3) is 5.56 Å². The van der Waals surface area contributed by atoms with Crippen molar-refractivity contribution in [2.24, 2.45) is 0 Å². The van der Waals surface area contributed by atoms with Crippen LogP contribution in [0.3, 0.4) is 0 Å². The van der Waals surface area contributed by atoms with Crippen molar-refractivity contribution in [2.45, 2.75) is 26.5 Å². The Bertz CT molecular complexity index is 801. The van der Waals surface area contributed by atoms with Gasteiger partial charge >= 0.3 is 6.03 Å². The van der Waals surface area contributed by atoms with Crippen LogP contribution in [0.25, 0.3) is 0 Å². The number of H-pyrrole nitrogens is 1. The number of benzene rings is 1. The number of hydrogen-bond donors (Lipinski definition) is 4. The van der Waals surface area contributed by atoms with Crippen molar-refractivity contribution in [3.05, 3.63) is 63.1 Å². The molecule has 1 heterocycles. The highest BCUT2D eigenvalue weighted by Crippen LogP contribution is 2.23. The Hall–Kier alpha value is -2.80. The summed E-state index contributed by atoms with van der Waals surface area (Å²) in [6.45, 7) is 3.76. The number of rotatable bonds is 6. The minimum absolute atomic E-state index is 0.0233. The van der Waals surface area contributed by atoms with Gasteiger partial charge in [-0.1, -0.05) is 18.2 Å². The zero-order valence-corrected chi connectivity index (χ0v) is 14.6. The van der Waals surface area contributed by atoms with Crippen LogP contribution in [0.2, 0.25) is 0 Å². The van der Waals surface area contributed by atoms with Gasteiger partial charge in [0.1, 0.15) is 5.75 Å². The molecular formula is C18H23N3O4. The van der Waals surface area contributed by atoms with Crippen molar-refractivity contribution in [1.29, 1.82) is 0 Å². The number of aliphatic hydroxyl groups excluding tert-OH is 1. The molecule has 0 aliphatic carbocycles. The Morgan fingerprint density at radius 2 is 2.00 bits per heavy atom. The zero-order chi connectivity index (χ0) is 18.4. The SMILES string of the molecule is COc1ccccc1[C@H](O)CNC(=O)NCc1c(C)cc(C)[nH]c1=O. The fourth-order valence-electron chi connectivity index (χ4n) is 2.57. The smallest absolute Gasteiger partial charge is 0.315 e. The van der Waals surface area contributed by atoms with Crippen molar-refractivity contribution in [1.82, 2.24) is 15.6 Å². The molecule has 0 unspecified atom stereocenters. The third-order valence-electron chi connectivity index (χ3n) is 3.87. The number of amides is 2. The molecule has 0 aliphatic heterocycles. The Balaban J connectivity index is 1.90. The van der Waals surface area contributed by atoms with E-state index >= 15 is 0 Å². The highest BCUT2D eigenvalue weighted by molar-refractivity contribution is 5.73. The summed E-state index contributed by atoms with van der Waals surface area (Å²) in [7, 11) is 1.52. The van der Waals surface area contributed by atoms with E-state index in [-0.39, 0.29) is 18.6 Å². The van der Waals surface area contributed by atoms with Gasteiger partial charge in [-0.3, -0.25) is 4.79 Å². The number of carbonyl (C=O) groups is 1. The van der Waals surface area contributed by atoms with Crippen LogP contribution in [0.5, 0.6) is 5.75 Å². The van der Waals surface area contributed by atoms with Gasteiger partial charge in [0.05, 0.1) is 19.8 Å². The van der Waals surface area contributed by atoms with Gasteiger partial charge in [0, 0.05) is 23.4 Å². The number of hydrogen-bond acceptors (Lipinski definition) is 4. The quantitative estimate of drug-likeness (QED) is 0.637. The standard InChI is InChI=1S/C18H23N3O4/c1-11-8-12(2)21-17(23)14(11)9-19-18(24)20-10-15(22)13-6-4-5-7-16(13)25-3/h4-8,15,22H,9-10H2,1-3H3,(H,21,23)(H2,19,20,24)/t15-/m1/s1. The molecule has 134 valence electrons. The number of nitrogens with one attached hydrogen (secondary N) is 3. The molecule has 25 heavy (non-hydrogen) atoms. The van der Waals surface area contributed by atoms with Crippen molar-refractivity contribution >= 4 is 6.03 Å². The van der Waals surface area contributed by atoms with Crippen LogP contribution in [0.4, 0.5) is 4.79 Å². The molecule has 1 aromatic heterocycles. The second-order valence-corrected chi connectivity index (χ2v) is 5.76. The first kappa shape index (κ1) is 18.5. The second kappa shape index (κ2) is 8.34. The maximum atomic E-state index is 11.9. The van der Waals surface area contributed by atoms with Crippen LogP contribution in [0, 0.1) is 13.8 Å². The molecule has 1 atom stereocenters. The number of aryl methyl sites for hydroxylation is 2. The first-order valence-corrected chi connectivity index (χ1v) is 7.94. The Labute approximate surface area is 146 Å². The largest absolute Gasteiger partial charge is 0.496 e. The third-order valence-corrected chi connectivity index (χ3v) is 3.87. The van der Waals surface area contributed by atoms with Crippen molar-refractivity contribution < 1.29 is 14.6 Å². The Morgan fingerprint density at radius 3 is 2.68 bits per heavy atom. The molecular weight excluding hydrogens is 322 g/mol. The average molecular weight is 345 g/mol. The van der Waals surface area contributed by atoms with E-state index in [1.54, 1.807) is 31.2 Å². The summed E-state index contributed by atoms with van der Waals surface area (Å²) in [6, 6.07) is 8.45. The Morgan fingerprint density at radius 1 is 1.28 bits per heavy atom. The van der Waals surface area contributed by atoms with E-state index in [0.717, 1.165) is 11.3 Å². The van der Waals surface area contributed by atoms with E-state index in [9.17, 15) is 14.7 Å². The minimum Gasteiger partial charge on any atom is -0.496 e. The highest BCUT2D eigenvalue weighted by Gasteiger charge is 2.14. The molecule has 2 rings (SSSR count). The van der Waals surface area contributed by atoms with Crippen LogP contribution in [0.1, 0.15) is 28.5 Å². The molecule has 7 nitrogen and oxygen atoms in total. The van der Waals surface area contributed by atoms with E-state index in [1.807, 2.05) is 13.0 Å². The predicted octanol–water partition coefficient (Wildman–Crippen LogP) is 1.53. The van der Waals surface area contributed by atoms with Crippen LogP contribution < -0.4 is 20.9 Å². The van der Waals surface area contributed by atoms with Gasteiger partial charge in [-0.2, -0.15) is 0 Å². The number of ether oxygens (including phenoxy) is 1. The van der Waals surface area contributed by atoms with Gasteiger partial charge in [-0.05, 0) is 31.5 Å². The van der Waals surface area contributed by atoms with Crippen LogP contribution >= 0.6 is 0 Å². The fourth-order valence-corrected chi connectivity index (χ4v) is 2.57. The van der Waals surface area contributed by atoms with Gasteiger partial charge in [-0.15, -0.1) is 0 Å². The van der Waals surface area contributed by atoms with Crippen LogP contribution in [0.15, 0.2) is 35.1 Å². The molecule has 0 aliphatic rings. The summed E-state index contributed by atoms with van der Waals surface area (Å²) in [4.78, 5) is 26.5. The maximum absolute atomic E-state index is 11.9. The van der Waals surface area contributed by atoms with E-state index in [1.165, 1.54) is 7.11 Å². The van der Waals surface area contributed by atoms with Crippen LogP contribution in [-0.4, -0.2) is 29.8 Å². The number of methoxy groups -OCH3 is 1. The first-order chi connectivity index (χ1) is 11.9. The van der Waals surface area contributed by atoms with Crippen molar-refractivity contribution in [3.63, 3.8) is 0 Å². The lowest BCUT2D eigenvalue weighted by Crippen LogP contribution is -2.38. The second-order valence-electron chi connectivity index (χ2n) is 5.76. The van der Waals surface area contributed by atoms with E-state index in [4.69, 9.17) is 4.74 Å². The predicted molar refractivity (Wildman–Crippen MR) is 94.7 cm³/mol. The summed E-state index contributed by atoms with van der Waals surface area (Å²) in [5, 5.41) is 15.4. The molecule has 4 N–H and O–H groups in total. The third kappa shape index (κ3) is 4.84. The summed E-state index contributed by atoms with van der Waals surface area (Å²) >= 11 is 0. The normalized spacial score (nSPS) is 11.7. The van der Waals surface area contributed by atoms with Crippen molar-refractivity contribution in [3.8, 4) is 5.75 Å². The summed E-state index contributed by atoms with van der Waals surface area (Å²) < 4.78 is 5.19. The topological polar surface area (TPSA) is 103 Å². The monoisotopic (exact) mass is 345 g/mol. The lowest BCUT2D eigenvalue weighted by Gasteiger charge is -2.16. The molecule has 0 saturated carbocycles. The average Bonchev–Trinajstić information content (AvgIpc) is 2.58. The van der Waals surface area contributed by atoms with E-state index < -0.39 is 12.1 Å². The molecule has 1 aromatic carbocycles. The summed E-state index contributed by atoms with van der Waals surface area (Å²) in [6.07, 6.45) is -0.897. The maximum Gasteiger partial charge on any atom is 0.315 e. The number of aliphatic hydroxyl groups is 1. The molecule has 2 amide bonds. The molecule has 0 spiro atoms. The molecule has 0 saturated heterocycles. The lowest BCUT2D eigenvalue weighted by molar-refractivity contribution is 0.169. The fraction of sp³-hybridized carbons (Fsp3) is 0.333. The lowest BCUT2D eigenvalue weighted by atomic mass is 10.1. The number of urea groups is 1. The summed E-state index contributed by atoms with van der Waals surface area (Å²) in [5.41, 5.74) is 2.47. The van der Waals surface area contributed by atoms with Crippen molar-refractivity contribution in [2.75, 3.05) is 13.7 Å². The van der Waals surface area contributed by atoms with E-state index in [0.29, 0.717) is 16.9 Å². The zero-order valence-electron chi connectivity index (χ0n) is 14.6. The number of aromatic nitrogens is 1. The van der Waals surface area contributed by atoms with E-state index in [2.05, 4.69) is 15.6 Å². The van der Waals surface area contributed by atoms with Gasteiger partial charge in [0.2, 0.25) is 0 Å². The van der Waals surface area contributed by atoms with Crippen LogP contribution in [-0.2, 0) is 6.54 Å².